The maximum absolute atomic E-state index is 11.7. The van der Waals surface area contributed by atoms with E-state index in [0.29, 0.717) is 0 Å². The summed E-state index contributed by atoms with van der Waals surface area (Å²) in [6.45, 7) is 7.10. The van der Waals surface area contributed by atoms with Crippen molar-refractivity contribution in [3.8, 4) is 0 Å². The Morgan fingerprint density at radius 3 is 2.73 bits per heavy atom. The molecule has 0 aliphatic heterocycles. The van der Waals surface area contributed by atoms with Crippen molar-refractivity contribution in [3.05, 3.63) is 21.4 Å². The first kappa shape index (κ1) is 12.2. The van der Waals surface area contributed by atoms with Crippen LogP contribution in [0.4, 0.5) is 0 Å². The quantitative estimate of drug-likeness (QED) is 0.766. The fourth-order valence-electron chi connectivity index (χ4n) is 1.45. The Labute approximate surface area is 95.7 Å². The van der Waals surface area contributed by atoms with Crippen molar-refractivity contribution in [3.63, 3.8) is 0 Å². The summed E-state index contributed by atoms with van der Waals surface area (Å²) in [5.74, 6) is 0.0799. The predicted octanol–water partition coefficient (Wildman–Crippen LogP) is 3.15. The molecule has 15 heavy (non-hydrogen) atoms. The van der Waals surface area contributed by atoms with Crippen LogP contribution >= 0.6 is 11.3 Å². The van der Waals surface area contributed by atoms with Crippen molar-refractivity contribution in [2.75, 3.05) is 6.54 Å². The van der Waals surface area contributed by atoms with E-state index in [2.05, 4.69) is 26.1 Å². The van der Waals surface area contributed by atoms with Gasteiger partial charge < -0.3 is 5.32 Å². The molecule has 3 heteroatoms. The second-order valence-electron chi connectivity index (χ2n) is 3.68. The van der Waals surface area contributed by atoms with Gasteiger partial charge in [-0.1, -0.05) is 20.3 Å². The van der Waals surface area contributed by atoms with Crippen LogP contribution in [-0.4, -0.2) is 12.5 Å². The molecule has 0 spiro atoms. The van der Waals surface area contributed by atoms with E-state index < -0.39 is 0 Å². The smallest absolute Gasteiger partial charge is 0.261 e. The van der Waals surface area contributed by atoms with Gasteiger partial charge in [0.25, 0.3) is 5.91 Å². The Bertz CT molecular complexity index is 330. The van der Waals surface area contributed by atoms with Crippen LogP contribution in [0.25, 0.3) is 0 Å². The van der Waals surface area contributed by atoms with E-state index >= 15 is 0 Å². The lowest BCUT2D eigenvalue weighted by atomic mass is 10.2. The summed E-state index contributed by atoms with van der Waals surface area (Å²) in [6.07, 6.45) is 3.18. The number of hydrogen-bond acceptors (Lipinski definition) is 2. The average Bonchev–Trinajstić information content (AvgIpc) is 2.60. The van der Waals surface area contributed by atoms with Crippen molar-refractivity contribution in [1.29, 1.82) is 0 Å². The highest BCUT2D eigenvalue weighted by molar-refractivity contribution is 7.14. The van der Waals surface area contributed by atoms with Gasteiger partial charge in [-0.15, -0.1) is 11.3 Å². The number of rotatable bonds is 5. The van der Waals surface area contributed by atoms with Crippen molar-refractivity contribution in [1.82, 2.24) is 5.32 Å². The van der Waals surface area contributed by atoms with Crippen LogP contribution < -0.4 is 5.32 Å². The molecule has 1 aromatic rings. The molecule has 0 atom stereocenters. The maximum atomic E-state index is 11.7. The number of unbranched alkanes of at least 4 members (excludes halogenated alkanes) is 1. The number of amides is 1. The standard InChI is InChI=1S/C12H19NOS/c1-4-6-7-13-12(14)11-8-9(3)10(5-2)15-11/h8H,4-7H2,1-3H3,(H,13,14). The van der Waals surface area contributed by atoms with E-state index in [1.165, 1.54) is 10.4 Å². The maximum Gasteiger partial charge on any atom is 0.261 e. The zero-order valence-corrected chi connectivity index (χ0v) is 10.5. The summed E-state index contributed by atoms with van der Waals surface area (Å²) in [5, 5.41) is 2.94. The van der Waals surface area contributed by atoms with Crippen LogP contribution in [-0.2, 0) is 6.42 Å². The Morgan fingerprint density at radius 2 is 2.20 bits per heavy atom. The first-order valence-corrected chi connectivity index (χ1v) is 6.38. The lowest BCUT2D eigenvalue weighted by Gasteiger charge is -2.00. The van der Waals surface area contributed by atoms with Crippen LogP contribution in [0.1, 0.15) is 46.8 Å². The molecule has 0 fully saturated rings. The predicted molar refractivity (Wildman–Crippen MR) is 65.7 cm³/mol. The second kappa shape index (κ2) is 5.91. The van der Waals surface area contributed by atoms with Gasteiger partial charge in [0, 0.05) is 11.4 Å². The molecular weight excluding hydrogens is 206 g/mol. The first-order chi connectivity index (χ1) is 7.19. The molecule has 0 aliphatic rings. The zero-order chi connectivity index (χ0) is 11.3. The minimum Gasteiger partial charge on any atom is -0.351 e. The fourth-order valence-corrected chi connectivity index (χ4v) is 2.48. The van der Waals surface area contributed by atoms with Gasteiger partial charge in [0.05, 0.1) is 4.88 Å². The van der Waals surface area contributed by atoms with Crippen LogP contribution in [0, 0.1) is 6.92 Å². The zero-order valence-electron chi connectivity index (χ0n) is 9.72. The van der Waals surface area contributed by atoms with Crippen LogP contribution in [0.2, 0.25) is 0 Å². The number of aryl methyl sites for hydroxylation is 2. The molecule has 0 aromatic carbocycles. The van der Waals surface area contributed by atoms with Crippen molar-refractivity contribution in [2.24, 2.45) is 0 Å². The van der Waals surface area contributed by atoms with Gasteiger partial charge in [-0.05, 0) is 31.4 Å². The van der Waals surface area contributed by atoms with Gasteiger partial charge in [0.2, 0.25) is 0 Å². The molecule has 0 radical (unpaired) electrons. The third kappa shape index (κ3) is 3.34. The van der Waals surface area contributed by atoms with Gasteiger partial charge in [0.1, 0.15) is 0 Å². The third-order valence-electron chi connectivity index (χ3n) is 2.38. The number of carbonyl (C=O) groups is 1. The highest BCUT2D eigenvalue weighted by atomic mass is 32.1. The van der Waals surface area contributed by atoms with Gasteiger partial charge in [0.15, 0.2) is 0 Å². The van der Waals surface area contributed by atoms with E-state index in [-0.39, 0.29) is 5.91 Å². The molecule has 1 aromatic heterocycles. The van der Waals surface area contributed by atoms with E-state index in [4.69, 9.17) is 0 Å². The Balaban J connectivity index is 2.58. The molecule has 1 N–H and O–H groups in total. The molecule has 0 bridgehead atoms. The molecule has 1 rings (SSSR count). The molecule has 2 nitrogen and oxygen atoms in total. The van der Waals surface area contributed by atoms with Crippen molar-refractivity contribution < 1.29 is 4.79 Å². The Kier molecular flexibility index (Phi) is 4.82. The molecule has 0 saturated heterocycles. The number of hydrogen-bond donors (Lipinski definition) is 1. The van der Waals surface area contributed by atoms with Gasteiger partial charge in [-0.25, -0.2) is 0 Å². The molecule has 0 unspecified atom stereocenters. The largest absolute Gasteiger partial charge is 0.351 e. The first-order valence-electron chi connectivity index (χ1n) is 5.56. The second-order valence-corrected chi connectivity index (χ2v) is 4.82. The highest BCUT2D eigenvalue weighted by Crippen LogP contribution is 2.22. The summed E-state index contributed by atoms with van der Waals surface area (Å²) < 4.78 is 0. The molecule has 1 heterocycles. The topological polar surface area (TPSA) is 29.1 Å². The Hall–Kier alpha value is -0.830. The number of carbonyl (C=O) groups excluding carboxylic acids is 1. The van der Waals surface area contributed by atoms with Crippen molar-refractivity contribution in [2.45, 2.75) is 40.0 Å². The number of nitrogens with one attached hydrogen (secondary N) is 1. The van der Waals surface area contributed by atoms with Gasteiger partial charge in [-0.2, -0.15) is 0 Å². The van der Waals surface area contributed by atoms with Gasteiger partial charge >= 0.3 is 0 Å². The van der Waals surface area contributed by atoms with Crippen LogP contribution in [0.15, 0.2) is 6.07 Å². The van der Waals surface area contributed by atoms with E-state index in [9.17, 15) is 4.79 Å². The molecule has 0 saturated carbocycles. The molecule has 84 valence electrons. The minimum atomic E-state index is 0.0799. The monoisotopic (exact) mass is 225 g/mol. The van der Waals surface area contributed by atoms with Crippen molar-refractivity contribution >= 4 is 17.2 Å². The summed E-state index contributed by atoms with van der Waals surface area (Å²) in [7, 11) is 0. The lowest BCUT2D eigenvalue weighted by molar-refractivity contribution is 0.0957. The molecule has 1 amide bonds. The molecular formula is C12H19NOS. The van der Waals surface area contributed by atoms with Crippen LogP contribution in [0.3, 0.4) is 0 Å². The lowest BCUT2D eigenvalue weighted by Crippen LogP contribution is -2.23. The fraction of sp³-hybridized carbons (Fsp3) is 0.583. The summed E-state index contributed by atoms with van der Waals surface area (Å²) >= 11 is 1.61. The highest BCUT2D eigenvalue weighted by Gasteiger charge is 2.10. The summed E-state index contributed by atoms with van der Waals surface area (Å²) in [4.78, 5) is 13.9. The third-order valence-corrected chi connectivity index (χ3v) is 3.76. The normalized spacial score (nSPS) is 10.3. The average molecular weight is 225 g/mol. The van der Waals surface area contributed by atoms with E-state index in [1.54, 1.807) is 11.3 Å². The van der Waals surface area contributed by atoms with Crippen LogP contribution in [0.5, 0.6) is 0 Å². The number of thiophene rings is 1. The summed E-state index contributed by atoms with van der Waals surface area (Å²) in [6, 6.07) is 1.99. The van der Waals surface area contributed by atoms with Gasteiger partial charge in [-0.3, -0.25) is 4.79 Å². The van der Waals surface area contributed by atoms with E-state index in [1.807, 2.05) is 6.07 Å². The SMILES string of the molecule is CCCCNC(=O)c1cc(C)c(CC)s1. The molecule has 0 aliphatic carbocycles. The summed E-state index contributed by atoms with van der Waals surface area (Å²) in [5.41, 5.74) is 1.24. The van der Waals surface area contributed by atoms with E-state index in [0.717, 1.165) is 30.7 Å². The minimum absolute atomic E-state index is 0.0799. The Morgan fingerprint density at radius 1 is 1.47 bits per heavy atom.